The van der Waals surface area contributed by atoms with Gasteiger partial charge in [-0.2, -0.15) is 0 Å². The molecule has 0 spiro atoms. The summed E-state index contributed by atoms with van der Waals surface area (Å²) in [5.41, 5.74) is 1.23. The van der Waals surface area contributed by atoms with Crippen molar-refractivity contribution < 1.29 is 14.2 Å². The SMILES string of the molecule is CC(C)(O)C(C)(C)O[B]c1ccc(-c2cc3ccccc3o2)cc1. The van der Waals surface area contributed by atoms with Crippen LogP contribution in [0.4, 0.5) is 0 Å². The van der Waals surface area contributed by atoms with Crippen LogP contribution in [0.2, 0.25) is 0 Å². The minimum absolute atomic E-state index is 0.676. The van der Waals surface area contributed by atoms with Gasteiger partial charge in [-0.05, 0) is 39.8 Å². The number of furan rings is 1. The highest BCUT2D eigenvalue weighted by Crippen LogP contribution is 2.27. The van der Waals surface area contributed by atoms with Crippen molar-refractivity contribution in [2.75, 3.05) is 0 Å². The molecule has 3 nitrogen and oxygen atoms in total. The average Bonchev–Trinajstić information content (AvgIpc) is 2.96. The molecule has 2 aromatic carbocycles. The molecular weight excluding hydrogens is 299 g/mol. The Morgan fingerprint density at radius 1 is 0.958 bits per heavy atom. The Labute approximate surface area is 143 Å². The molecule has 0 aliphatic rings. The van der Waals surface area contributed by atoms with Gasteiger partial charge in [0.05, 0.1) is 11.2 Å². The van der Waals surface area contributed by atoms with Gasteiger partial charge in [-0.3, -0.25) is 0 Å². The third-order valence-corrected chi connectivity index (χ3v) is 4.58. The summed E-state index contributed by atoms with van der Waals surface area (Å²) in [6.07, 6.45) is 0. The molecule has 0 atom stereocenters. The molecule has 0 bridgehead atoms. The van der Waals surface area contributed by atoms with E-state index in [4.69, 9.17) is 9.07 Å². The topological polar surface area (TPSA) is 42.6 Å². The van der Waals surface area contributed by atoms with Gasteiger partial charge in [-0.15, -0.1) is 0 Å². The monoisotopic (exact) mass is 321 g/mol. The van der Waals surface area contributed by atoms with Crippen molar-refractivity contribution in [3.8, 4) is 11.3 Å². The summed E-state index contributed by atoms with van der Waals surface area (Å²) in [6.45, 7) is 7.22. The molecule has 123 valence electrons. The Morgan fingerprint density at radius 2 is 1.62 bits per heavy atom. The van der Waals surface area contributed by atoms with Crippen LogP contribution in [-0.4, -0.2) is 23.8 Å². The first-order chi connectivity index (χ1) is 11.3. The maximum atomic E-state index is 10.1. The summed E-state index contributed by atoms with van der Waals surface area (Å²) >= 11 is 0. The molecule has 0 aliphatic heterocycles. The van der Waals surface area contributed by atoms with Gasteiger partial charge in [-0.1, -0.05) is 47.9 Å². The maximum Gasteiger partial charge on any atom is 0.330 e. The lowest BCUT2D eigenvalue weighted by Gasteiger charge is -2.37. The number of aliphatic hydroxyl groups is 1. The largest absolute Gasteiger partial charge is 0.456 e. The molecule has 4 heteroatoms. The number of fused-ring (bicyclic) bond motifs is 1. The summed E-state index contributed by atoms with van der Waals surface area (Å²) in [7, 11) is 1.68. The minimum Gasteiger partial charge on any atom is -0.456 e. The highest BCUT2D eigenvalue weighted by molar-refractivity contribution is 6.47. The third kappa shape index (κ3) is 3.40. The lowest BCUT2D eigenvalue weighted by molar-refractivity contribution is -0.0893. The molecule has 0 unspecified atom stereocenters. The Hall–Kier alpha value is -2.04. The van der Waals surface area contributed by atoms with Crippen LogP contribution in [0.1, 0.15) is 27.7 Å². The first-order valence-corrected chi connectivity index (χ1v) is 8.09. The lowest BCUT2D eigenvalue weighted by Crippen LogP contribution is -2.49. The van der Waals surface area contributed by atoms with Gasteiger partial charge in [0, 0.05) is 10.9 Å². The van der Waals surface area contributed by atoms with E-state index in [1.807, 2.05) is 68.4 Å². The molecule has 1 N–H and O–H groups in total. The molecule has 1 heterocycles. The van der Waals surface area contributed by atoms with E-state index in [1.54, 1.807) is 21.3 Å². The molecule has 1 aromatic heterocycles. The Balaban J connectivity index is 1.74. The van der Waals surface area contributed by atoms with Crippen molar-refractivity contribution in [2.24, 2.45) is 0 Å². The van der Waals surface area contributed by atoms with Crippen LogP contribution in [0.3, 0.4) is 0 Å². The van der Waals surface area contributed by atoms with Crippen molar-refractivity contribution >= 4 is 23.9 Å². The molecular formula is C20H22BO3. The molecule has 0 fully saturated rings. The second-order valence-electron chi connectivity index (χ2n) is 7.08. The number of hydrogen-bond acceptors (Lipinski definition) is 3. The van der Waals surface area contributed by atoms with E-state index in [1.165, 1.54) is 0 Å². The van der Waals surface area contributed by atoms with E-state index < -0.39 is 11.2 Å². The molecule has 3 rings (SSSR count). The smallest absolute Gasteiger partial charge is 0.330 e. The second-order valence-corrected chi connectivity index (χ2v) is 7.08. The van der Waals surface area contributed by atoms with Crippen LogP contribution < -0.4 is 5.46 Å². The molecule has 0 saturated carbocycles. The van der Waals surface area contributed by atoms with Crippen LogP contribution in [0.5, 0.6) is 0 Å². The fraction of sp³-hybridized carbons (Fsp3) is 0.300. The number of hydrogen-bond donors (Lipinski definition) is 1. The van der Waals surface area contributed by atoms with E-state index in [0.29, 0.717) is 0 Å². The van der Waals surface area contributed by atoms with E-state index in [2.05, 4.69) is 0 Å². The van der Waals surface area contributed by atoms with E-state index in [0.717, 1.165) is 27.8 Å². The number of rotatable bonds is 5. The van der Waals surface area contributed by atoms with E-state index >= 15 is 0 Å². The molecule has 0 aliphatic carbocycles. The number of para-hydroxylation sites is 1. The van der Waals surface area contributed by atoms with Crippen LogP contribution in [0.25, 0.3) is 22.3 Å². The highest BCUT2D eigenvalue weighted by Gasteiger charge is 2.35. The van der Waals surface area contributed by atoms with Crippen molar-refractivity contribution in [1.82, 2.24) is 0 Å². The fourth-order valence-corrected chi connectivity index (χ4v) is 2.21. The summed E-state index contributed by atoms with van der Waals surface area (Å²) < 4.78 is 11.7. The summed E-state index contributed by atoms with van der Waals surface area (Å²) in [5, 5.41) is 11.2. The van der Waals surface area contributed by atoms with Gasteiger partial charge in [0.15, 0.2) is 0 Å². The Bertz CT molecular complexity index is 793. The summed E-state index contributed by atoms with van der Waals surface area (Å²) in [6, 6.07) is 18.0. The van der Waals surface area contributed by atoms with Crippen molar-refractivity contribution in [3.63, 3.8) is 0 Å². The first-order valence-electron chi connectivity index (χ1n) is 8.09. The molecule has 24 heavy (non-hydrogen) atoms. The van der Waals surface area contributed by atoms with Gasteiger partial charge >= 0.3 is 7.48 Å². The molecule has 0 amide bonds. The Kier molecular flexibility index (Phi) is 4.28. The molecule has 1 radical (unpaired) electrons. The zero-order chi connectivity index (χ0) is 17.4. The van der Waals surface area contributed by atoms with Crippen LogP contribution >= 0.6 is 0 Å². The summed E-state index contributed by atoms with van der Waals surface area (Å²) in [4.78, 5) is 0. The Morgan fingerprint density at radius 3 is 2.25 bits per heavy atom. The quantitative estimate of drug-likeness (QED) is 0.725. The van der Waals surface area contributed by atoms with E-state index in [9.17, 15) is 5.11 Å². The van der Waals surface area contributed by atoms with Crippen molar-refractivity contribution in [3.05, 3.63) is 54.6 Å². The first kappa shape index (κ1) is 16.8. The zero-order valence-electron chi connectivity index (χ0n) is 14.5. The second kappa shape index (κ2) is 6.12. The minimum atomic E-state index is -0.933. The van der Waals surface area contributed by atoms with E-state index in [-0.39, 0.29) is 0 Å². The normalized spacial score (nSPS) is 12.5. The van der Waals surface area contributed by atoms with Gasteiger partial charge in [-0.25, -0.2) is 0 Å². The van der Waals surface area contributed by atoms with Gasteiger partial charge in [0.1, 0.15) is 11.3 Å². The van der Waals surface area contributed by atoms with Crippen molar-refractivity contribution in [2.45, 2.75) is 38.9 Å². The fourth-order valence-electron chi connectivity index (χ4n) is 2.21. The van der Waals surface area contributed by atoms with Crippen LogP contribution in [0, 0.1) is 0 Å². The van der Waals surface area contributed by atoms with Crippen LogP contribution in [0.15, 0.2) is 59.0 Å². The summed E-state index contributed by atoms with van der Waals surface area (Å²) in [5.74, 6) is 0.848. The maximum absolute atomic E-state index is 10.1. The lowest BCUT2D eigenvalue weighted by atomic mass is 9.82. The van der Waals surface area contributed by atoms with Crippen molar-refractivity contribution in [1.29, 1.82) is 0 Å². The standard InChI is InChI=1S/C20H22BO3/c1-19(2,22)20(3,4)24-21-16-11-9-14(10-12-16)18-13-15-7-5-6-8-17(15)23-18/h5-13,22H,1-4H3. The predicted molar refractivity (Wildman–Crippen MR) is 98.5 cm³/mol. The average molecular weight is 321 g/mol. The highest BCUT2D eigenvalue weighted by atomic mass is 16.5. The van der Waals surface area contributed by atoms with Gasteiger partial charge < -0.3 is 14.2 Å². The third-order valence-electron chi connectivity index (χ3n) is 4.58. The number of benzene rings is 2. The van der Waals surface area contributed by atoms with Gasteiger partial charge in [0.25, 0.3) is 0 Å². The molecule has 0 saturated heterocycles. The van der Waals surface area contributed by atoms with Crippen LogP contribution in [-0.2, 0) is 4.65 Å². The zero-order valence-corrected chi connectivity index (χ0v) is 14.5. The van der Waals surface area contributed by atoms with Gasteiger partial charge in [0.2, 0.25) is 0 Å². The molecule has 3 aromatic rings. The predicted octanol–water partition coefficient (Wildman–Crippen LogP) is 3.91.